The molecule has 0 saturated heterocycles. The average molecular weight is 313 g/mol. The number of hydrogen-bond donors (Lipinski definition) is 3. The van der Waals surface area contributed by atoms with Crippen molar-refractivity contribution < 1.29 is 18.9 Å². The predicted molar refractivity (Wildman–Crippen MR) is 80.7 cm³/mol. The molecule has 0 aliphatic carbocycles. The van der Waals surface area contributed by atoms with Gasteiger partial charge in [0.2, 0.25) is 0 Å². The van der Waals surface area contributed by atoms with E-state index in [2.05, 4.69) is 15.6 Å². The highest BCUT2D eigenvalue weighted by atomic mass is 32.2. The number of hydrogen-bond acceptors (Lipinski definition) is 4. The van der Waals surface area contributed by atoms with Crippen molar-refractivity contribution in [2.24, 2.45) is 0 Å². The third-order valence-corrected chi connectivity index (χ3v) is 3.44. The van der Waals surface area contributed by atoms with Crippen LogP contribution in [0.2, 0.25) is 0 Å². The van der Waals surface area contributed by atoms with Crippen molar-refractivity contribution in [3.05, 3.63) is 24.0 Å². The number of aliphatic carboxylic acids is 1. The molecule has 0 bridgehead atoms. The largest absolute Gasteiger partial charge is 0.481 e. The molecule has 0 aliphatic heterocycles. The Balaban J connectivity index is 2.43. The average Bonchev–Trinajstić information content (AvgIpc) is 2.38. The number of nitrogens with one attached hydrogen (secondary N) is 2. The third kappa shape index (κ3) is 7.40. The van der Waals surface area contributed by atoms with E-state index in [9.17, 15) is 13.8 Å². The van der Waals surface area contributed by atoms with Gasteiger partial charge in [-0.15, -0.1) is 0 Å². The van der Waals surface area contributed by atoms with Crippen LogP contribution < -0.4 is 10.6 Å². The van der Waals surface area contributed by atoms with Gasteiger partial charge in [-0.05, 0) is 25.5 Å². The molecule has 0 radical (unpaired) electrons. The first-order valence-corrected chi connectivity index (χ1v) is 8.14. The Morgan fingerprint density at radius 2 is 2.14 bits per heavy atom. The number of carbonyl (C=O) groups is 2. The van der Waals surface area contributed by atoms with Crippen LogP contribution in [0.5, 0.6) is 0 Å². The molecule has 2 amide bonds. The molecular weight excluding hydrogens is 294 g/mol. The van der Waals surface area contributed by atoms with Gasteiger partial charge in [-0.25, -0.2) is 4.79 Å². The number of aromatic nitrogens is 1. The summed E-state index contributed by atoms with van der Waals surface area (Å²) in [6.07, 6.45) is 3.50. The SMILES string of the molecule is CC(CCS(C)=O)NC(=O)Nc1ccc(CC(=O)O)nc1. The van der Waals surface area contributed by atoms with Crippen molar-refractivity contribution in [3.63, 3.8) is 0 Å². The lowest BCUT2D eigenvalue weighted by molar-refractivity contribution is -0.136. The molecule has 1 aromatic heterocycles. The Bertz CT molecular complexity index is 519. The quantitative estimate of drug-likeness (QED) is 0.695. The van der Waals surface area contributed by atoms with E-state index in [0.29, 0.717) is 23.6 Å². The molecule has 2 unspecified atom stereocenters. The number of nitrogens with zero attached hydrogens (tertiary/aromatic N) is 1. The van der Waals surface area contributed by atoms with Crippen LogP contribution >= 0.6 is 0 Å². The Kier molecular flexibility index (Phi) is 6.80. The zero-order valence-corrected chi connectivity index (χ0v) is 12.8. The first-order valence-electron chi connectivity index (χ1n) is 6.41. The van der Waals surface area contributed by atoms with Gasteiger partial charge in [0, 0.05) is 28.9 Å². The molecule has 0 spiro atoms. The van der Waals surface area contributed by atoms with Gasteiger partial charge in [-0.2, -0.15) is 0 Å². The highest BCUT2D eigenvalue weighted by Gasteiger charge is 2.08. The van der Waals surface area contributed by atoms with Crippen LogP contribution in [0, 0.1) is 0 Å². The predicted octanol–water partition coefficient (Wildman–Crippen LogP) is 0.987. The Morgan fingerprint density at radius 3 is 2.67 bits per heavy atom. The normalized spacial score (nSPS) is 13.2. The van der Waals surface area contributed by atoms with E-state index >= 15 is 0 Å². The molecule has 0 aromatic carbocycles. The van der Waals surface area contributed by atoms with Crippen molar-refractivity contribution >= 4 is 28.5 Å². The molecule has 3 N–H and O–H groups in total. The van der Waals surface area contributed by atoms with Crippen molar-refractivity contribution in [3.8, 4) is 0 Å². The lowest BCUT2D eigenvalue weighted by Gasteiger charge is -2.14. The van der Waals surface area contributed by atoms with Crippen molar-refractivity contribution in [2.75, 3.05) is 17.3 Å². The second-order valence-electron chi connectivity index (χ2n) is 4.67. The third-order valence-electron chi connectivity index (χ3n) is 2.63. The van der Waals surface area contributed by atoms with Crippen LogP contribution in [0.4, 0.5) is 10.5 Å². The van der Waals surface area contributed by atoms with E-state index < -0.39 is 16.8 Å². The fraction of sp³-hybridized carbons (Fsp3) is 0.462. The number of anilines is 1. The lowest BCUT2D eigenvalue weighted by Crippen LogP contribution is -2.36. The van der Waals surface area contributed by atoms with Crippen LogP contribution in [-0.2, 0) is 22.0 Å². The number of urea groups is 1. The van der Waals surface area contributed by atoms with Gasteiger partial charge in [-0.1, -0.05) is 0 Å². The summed E-state index contributed by atoms with van der Waals surface area (Å²) in [6.45, 7) is 1.83. The molecule has 7 nitrogen and oxygen atoms in total. The summed E-state index contributed by atoms with van der Waals surface area (Å²) in [4.78, 5) is 26.2. The van der Waals surface area contributed by atoms with Gasteiger partial charge in [0.25, 0.3) is 0 Å². The second-order valence-corrected chi connectivity index (χ2v) is 6.23. The topological polar surface area (TPSA) is 108 Å². The summed E-state index contributed by atoms with van der Waals surface area (Å²) in [6, 6.07) is 2.68. The number of carboxylic acid groups (broad SMARTS) is 1. The van der Waals surface area contributed by atoms with Gasteiger partial charge in [0.1, 0.15) is 0 Å². The molecular formula is C13H19N3O4S. The first-order chi connectivity index (χ1) is 9.86. The van der Waals surface area contributed by atoms with Crippen LogP contribution in [0.3, 0.4) is 0 Å². The molecule has 116 valence electrons. The smallest absolute Gasteiger partial charge is 0.319 e. The standard InChI is InChI=1S/C13H19N3O4S/c1-9(5-6-21(2)20)15-13(19)16-11-4-3-10(14-8-11)7-12(17)18/h3-4,8-9H,5-7H2,1-2H3,(H,17,18)(H2,15,16,19). The molecule has 0 fully saturated rings. The summed E-state index contributed by atoms with van der Waals surface area (Å²) in [5, 5.41) is 14.0. The number of pyridine rings is 1. The maximum absolute atomic E-state index is 11.7. The second kappa shape index (κ2) is 8.35. The van der Waals surface area contributed by atoms with Crippen LogP contribution in [0.1, 0.15) is 19.0 Å². The summed E-state index contributed by atoms with van der Waals surface area (Å²) >= 11 is 0. The summed E-state index contributed by atoms with van der Waals surface area (Å²) < 4.78 is 11.0. The lowest BCUT2D eigenvalue weighted by atomic mass is 10.2. The van der Waals surface area contributed by atoms with E-state index in [0.717, 1.165) is 0 Å². The summed E-state index contributed by atoms with van der Waals surface area (Å²) in [5.41, 5.74) is 0.903. The van der Waals surface area contributed by atoms with Crippen LogP contribution in [0.15, 0.2) is 18.3 Å². The van der Waals surface area contributed by atoms with E-state index in [1.165, 1.54) is 6.20 Å². The fourth-order valence-electron chi connectivity index (χ4n) is 1.56. The minimum Gasteiger partial charge on any atom is -0.481 e. The number of carboxylic acids is 1. The molecule has 21 heavy (non-hydrogen) atoms. The summed E-state index contributed by atoms with van der Waals surface area (Å²) in [5.74, 6) is -0.421. The maximum atomic E-state index is 11.7. The molecule has 8 heteroatoms. The van der Waals surface area contributed by atoms with Gasteiger partial charge >= 0.3 is 12.0 Å². The Labute approximate surface area is 125 Å². The zero-order valence-electron chi connectivity index (χ0n) is 12.0. The van der Waals surface area contributed by atoms with Gasteiger partial charge in [0.05, 0.1) is 24.0 Å². The number of rotatable bonds is 7. The van der Waals surface area contributed by atoms with Crippen LogP contribution in [0.25, 0.3) is 0 Å². The van der Waals surface area contributed by atoms with Gasteiger partial charge < -0.3 is 15.7 Å². The van der Waals surface area contributed by atoms with E-state index in [1.54, 1.807) is 18.4 Å². The monoisotopic (exact) mass is 313 g/mol. The Morgan fingerprint density at radius 1 is 1.43 bits per heavy atom. The minimum absolute atomic E-state index is 0.0897. The highest BCUT2D eigenvalue weighted by Crippen LogP contribution is 2.07. The highest BCUT2D eigenvalue weighted by molar-refractivity contribution is 7.84. The van der Waals surface area contributed by atoms with E-state index in [4.69, 9.17) is 5.11 Å². The fourth-order valence-corrected chi connectivity index (χ4v) is 2.25. The van der Waals surface area contributed by atoms with Crippen molar-refractivity contribution in [1.29, 1.82) is 0 Å². The Hall–Kier alpha value is -1.96. The zero-order chi connectivity index (χ0) is 15.8. The summed E-state index contributed by atoms with van der Waals surface area (Å²) in [7, 11) is -0.876. The van der Waals surface area contributed by atoms with Crippen molar-refractivity contribution in [1.82, 2.24) is 10.3 Å². The van der Waals surface area contributed by atoms with Crippen molar-refractivity contribution in [2.45, 2.75) is 25.8 Å². The van der Waals surface area contributed by atoms with E-state index in [-0.39, 0.29) is 18.5 Å². The maximum Gasteiger partial charge on any atom is 0.319 e. The minimum atomic E-state index is -0.955. The van der Waals surface area contributed by atoms with Gasteiger partial charge in [-0.3, -0.25) is 14.0 Å². The first kappa shape index (κ1) is 17.1. The molecule has 0 aliphatic rings. The molecule has 1 rings (SSSR count). The van der Waals surface area contributed by atoms with Crippen LogP contribution in [-0.4, -0.2) is 44.4 Å². The number of carbonyl (C=O) groups excluding carboxylic acids is 1. The molecule has 1 heterocycles. The molecule has 1 aromatic rings. The number of amides is 2. The molecule has 0 saturated carbocycles. The molecule has 2 atom stereocenters. The van der Waals surface area contributed by atoms with Gasteiger partial charge in [0.15, 0.2) is 0 Å². The van der Waals surface area contributed by atoms with E-state index in [1.807, 2.05) is 6.92 Å².